The molecular formula is C20H17Cl2FN2O2. The van der Waals surface area contributed by atoms with E-state index in [9.17, 15) is 9.18 Å². The number of alkyl halides is 1. The molecule has 1 aromatic heterocycles. The fourth-order valence-corrected chi connectivity index (χ4v) is 3.94. The predicted molar refractivity (Wildman–Crippen MR) is 104 cm³/mol. The van der Waals surface area contributed by atoms with E-state index in [4.69, 9.17) is 27.9 Å². The van der Waals surface area contributed by atoms with E-state index in [2.05, 4.69) is 4.98 Å². The minimum Gasteiger partial charge on any atom is -0.448 e. The number of nitrogens with one attached hydrogen (secondary N) is 1. The van der Waals surface area contributed by atoms with E-state index in [0.717, 1.165) is 22.2 Å². The topological polar surface area (TPSA) is 45.3 Å². The highest BCUT2D eigenvalue weighted by atomic mass is 35.5. The molecule has 3 aromatic rings. The maximum absolute atomic E-state index is 13.9. The molecule has 0 spiro atoms. The zero-order chi connectivity index (χ0) is 19.0. The second-order valence-corrected chi connectivity index (χ2v) is 7.23. The number of aromatic nitrogens is 1. The predicted octanol–water partition coefficient (Wildman–Crippen LogP) is 5.28. The number of aromatic amines is 1. The minimum atomic E-state index is -0.474. The normalized spacial score (nSPS) is 16.4. The van der Waals surface area contributed by atoms with Crippen molar-refractivity contribution >= 4 is 40.2 Å². The smallest absolute Gasteiger partial charge is 0.410 e. The standard InChI is InChI=1S/C20H17Cl2FN2O2/c21-7-9-27-20(26)25-8-6-15-16-11-13(22)4-5-17(16)24-18(15)19(25)12-2-1-3-14(23)10-12/h1-5,10-11,19,24H,6-9H2. The summed E-state index contributed by atoms with van der Waals surface area (Å²) in [5.41, 5.74) is 3.55. The highest BCUT2D eigenvalue weighted by molar-refractivity contribution is 6.31. The molecule has 0 fully saturated rings. The van der Waals surface area contributed by atoms with Crippen molar-refractivity contribution in [2.45, 2.75) is 12.5 Å². The van der Waals surface area contributed by atoms with Crippen molar-refractivity contribution < 1.29 is 13.9 Å². The van der Waals surface area contributed by atoms with E-state index in [1.54, 1.807) is 11.0 Å². The van der Waals surface area contributed by atoms with Crippen LogP contribution < -0.4 is 0 Å². The van der Waals surface area contributed by atoms with Crippen LogP contribution >= 0.6 is 23.2 Å². The Morgan fingerprint density at radius 1 is 1.30 bits per heavy atom. The Kier molecular flexibility index (Phi) is 4.98. The van der Waals surface area contributed by atoms with Crippen molar-refractivity contribution in [2.24, 2.45) is 0 Å². The first-order valence-corrected chi connectivity index (χ1v) is 9.54. The summed E-state index contributed by atoms with van der Waals surface area (Å²) in [5.74, 6) is -0.131. The molecule has 0 saturated heterocycles. The summed E-state index contributed by atoms with van der Waals surface area (Å²) in [6.45, 7) is 0.580. The molecule has 4 nitrogen and oxygen atoms in total. The number of hydrogen-bond acceptors (Lipinski definition) is 2. The Labute approximate surface area is 165 Å². The van der Waals surface area contributed by atoms with Crippen LogP contribution in [0.2, 0.25) is 5.02 Å². The number of fused-ring (bicyclic) bond motifs is 3. The lowest BCUT2D eigenvalue weighted by molar-refractivity contribution is 0.0937. The Bertz CT molecular complexity index is 1000. The van der Waals surface area contributed by atoms with Gasteiger partial charge >= 0.3 is 6.09 Å². The molecule has 7 heteroatoms. The first kappa shape index (κ1) is 18.1. The van der Waals surface area contributed by atoms with Crippen LogP contribution in [0.3, 0.4) is 0 Å². The summed E-state index contributed by atoms with van der Waals surface area (Å²) >= 11 is 11.8. The van der Waals surface area contributed by atoms with Crippen LogP contribution in [-0.2, 0) is 11.2 Å². The van der Waals surface area contributed by atoms with Gasteiger partial charge in [0, 0.05) is 28.2 Å². The van der Waals surface area contributed by atoms with Gasteiger partial charge < -0.3 is 9.72 Å². The molecule has 1 aliphatic heterocycles. The van der Waals surface area contributed by atoms with Crippen LogP contribution in [-0.4, -0.2) is 35.0 Å². The SMILES string of the molecule is O=C(OCCCl)N1CCc2c([nH]c3ccc(Cl)cc23)C1c1cccc(F)c1. The van der Waals surface area contributed by atoms with E-state index in [1.165, 1.54) is 12.1 Å². The Hall–Kier alpha value is -2.24. The van der Waals surface area contributed by atoms with Gasteiger partial charge in [-0.2, -0.15) is 0 Å². The molecule has 1 aliphatic rings. The van der Waals surface area contributed by atoms with Gasteiger partial charge in [-0.05, 0) is 47.9 Å². The Morgan fingerprint density at radius 3 is 2.93 bits per heavy atom. The third-order valence-electron chi connectivity index (χ3n) is 4.79. The van der Waals surface area contributed by atoms with Crippen molar-refractivity contribution in [3.05, 3.63) is 70.1 Å². The number of carbonyl (C=O) groups is 1. The lowest BCUT2D eigenvalue weighted by Gasteiger charge is -2.35. The van der Waals surface area contributed by atoms with Crippen LogP contribution in [0.25, 0.3) is 10.9 Å². The molecule has 140 valence electrons. The van der Waals surface area contributed by atoms with Gasteiger partial charge in [-0.15, -0.1) is 11.6 Å². The molecule has 0 aliphatic carbocycles. The maximum atomic E-state index is 13.9. The maximum Gasteiger partial charge on any atom is 0.410 e. The van der Waals surface area contributed by atoms with Crippen LogP contribution in [0.5, 0.6) is 0 Å². The summed E-state index contributed by atoms with van der Waals surface area (Å²) < 4.78 is 19.2. The molecule has 27 heavy (non-hydrogen) atoms. The van der Waals surface area contributed by atoms with Crippen molar-refractivity contribution in [3.63, 3.8) is 0 Å². The van der Waals surface area contributed by atoms with Crippen LogP contribution in [0.4, 0.5) is 9.18 Å². The van der Waals surface area contributed by atoms with Gasteiger partial charge in [0.15, 0.2) is 0 Å². The number of ether oxygens (including phenoxy) is 1. The second-order valence-electron chi connectivity index (χ2n) is 6.41. The molecule has 1 amide bonds. The van der Waals surface area contributed by atoms with Crippen LogP contribution in [0.1, 0.15) is 22.9 Å². The van der Waals surface area contributed by atoms with Gasteiger partial charge in [-0.3, -0.25) is 4.90 Å². The summed E-state index contributed by atoms with van der Waals surface area (Å²) in [6.07, 6.45) is 0.185. The lowest BCUT2D eigenvalue weighted by atomic mass is 9.92. The molecule has 0 bridgehead atoms. The first-order chi connectivity index (χ1) is 13.1. The number of hydrogen-bond donors (Lipinski definition) is 1. The minimum absolute atomic E-state index is 0.127. The summed E-state index contributed by atoms with van der Waals surface area (Å²) in [5, 5.41) is 1.67. The second kappa shape index (κ2) is 7.41. The zero-order valence-corrected chi connectivity index (χ0v) is 15.9. The molecular weight excluding hydrogens is 390 g/mol. The van der Waals surface area contributed by atoms with Crippen LogP contribution in [0.15, 0.2) is 42.5 Å². The summed E-state index contributed by atoms with van der Waals surface area (Å²) in [6, 6.07) is 11.4. The molecule has 2 heterocycles. The van der Waals surface area contributed by atoms with E-state index in [0.29, 0.717) is 23.6 Å². The van der Waals surface area contributed by atoms with Crippen molar-refractivity contribution in [3.8, 4) is 0 Å². The fourth-order valence-electron chi connectivity index (χ4n) is 3.69. The molecule has 2 aromatic carbocycles. The summed E-state index contributed by atoms with van der Waals surface area (Å²) in [7, 11) is 0. The fraction of sp³-hybridized carbons (Fsp3) is 0.250. The first-order valence-electron chi connectivity index (χ1n) is 8.63. The van der Waals surface area contributed by atoms with Crippen molar-refractivity contribution in [1.29, 1.82) is 0 Å². The molecule has 0 radical (unpaired) electrons. The third kappa shape index (κ3) is 3.37. The molecule has 1 atom stereocenters. The number of nitrogens with zero attached hydrogens (tertiary/aromatic N) is 1. The van der Waals surface area contributed by atoms with E-state index in [1.807, 2.05) is 24.3 Å². The highest BCUT2D eigenvalue weighted by Crippen LogP contribution is 2.39. The van der Waals surface area contributed by atoms with Gasteiger partial charge in [0.1, 0.15) is 18.5 Å². The van der Waals surface area contributed by atoms with Gasteiger partial charge in [0.05, 0.1) is 5.88 Å². The van der Waals surface area contributed by atoms with Crippen LogP contribution in [0, 0.1) is 5.82 Å². The lowest BCUT2D eigenvalue weighted by Crippen LogP contribution is -2.41. The number of H-pyrrole nitrogens is 1. The van der Waals surface area contributed by atoms with Crippen molar-refractivity contribution in [1.82, 2.24) is 9.88 Å². The summed E-state index contributed by atoms with van der Waals surface area (Å²) in [4.78, 5) is 17.6. The van der Waals surface area contributed by atoms with E-state index < -0.39 is 12.1 Å². The molecule has 1 N–H and O–H groups in total. The highest BCUT2D eigenvalue weighted by Gasteiger charge is 2.35. The quantitative estimate of drug-likeness (QED) is 0.601. The largest absolute Gasteiger partial charge is 0.448 e. The van der Waals surface area contributed by atoms with Crippen molar-refractivity contribution in [2.75, 3.05) is 19.0 Å². The number of rotatable bonds is 3. The third-order valence-corrected chi connectivity index (χ3v) is 5.18. The number of halogens is 3. The number of amides is 1. The monoisotopic (exact) mass is 406 g/mol. The zero-order valence-electron chi connectivity index (χ0n) is 14.3. The van der Waals surface area contributed by atoms with Gasteiger partial charge in [0.25, 0.3) is 0 Å². The van der Waals surface area contributed by atoms with E-state index in [-0.39, 0.29) is 18.3 Å². The molecule has 1 unspecified atom stereocenters. The average molecular weight is 407 g/mol. The number of carbonyl (C=O) groups excluding carboxylic acids is 1. The Balaban J connectivity index is 1.85. The molecule has 4 rings (SSSR count). The number of benzene rings is 2. The van der Waals surface area contributed by atoms with E-state index >= 15 is 0 Å². The van der Waals surface area contributed by atoms with Gasteiger partial charge in [0.2, 0.25) is 0 Å². The average Bonchev–Trinajstić information content (AvgIpc) is 3.03. The van der Waals surface area contributed by atoms with Gasteiger partial charge in [-0.1, -0.05) is 23.7 Å². The van der Waals surface area contributed by atoms with Gasteiger partial charge in [-0.25, -0.2) is 9.18 Å². The Morgan fingerprint density at radius 2 is 2.15 bits per heavy atom. The molecule has 0 saturated carbocycles.